The van der Waals surface area contributed by atoms with Crippen molar-refractivity contribution in [3.63, 3.8) is 0 Å². The van der Waals surface area contributed by atoms with Crippen LogP contribution in [0, 0.1) is 0 Å². The predicted octanol–water partition coefficient (Wildman–Crippen LogP) is 2.44. The number of methoxy groups -OCH3 is 1. The average Bonchev–Trinajstić information content (AvgIpc) is 2.44. The van der Waals surface area contributed by atoms with Crippen LogP contribution < -0.4 is 21.5 Å². The van der Waals surface area contributed by atoms with Crippen LogP contribution in [0.3, 0.4) is 0 Å². The molecule has 5 N–H and O–H groups in total. The van der Waals surface area contributed by atoms with Gasteiger partial charge in [0.15, 0.2) is 0 Å². The highest BCUT2D eigenvalue weighted by Crippen LogP contribution is 2.26. The largest absolute Gasteiger partial charge is 0.496 e. The second kappa shape index (κ2) is 6.37. The van der Waals surface area contributed by atoms with Crippen molar-refractivity contribution in [3.8, 4) is 5.75 Å². The number of carbonyl (C=O) groups is 1. The van der Waals surface area contributed by atoms with Gasteiger partial charge in [0, 0.05) is 34.1 Å². The molecule has 5 nitrogen and oxygen atoms in total. The van der Waals surface area contributed by atoms with Gasteiger partial charge >= 0.3 is 0 Å². The molecular weight excluding hydrogens is 290 g/mol. The van der Waals surface area contributed by atoms with E-state index in [1.54, 1.807) is 43.5 Å². The van der Waals surface area contributed by atoms with Gasteiger partial charge in [-0.2, -0.15) is 0 Å². The molecule has 2 rings (SSSR count). The van der Waals surface area contributed by atoms with Gasteiger partial charge in [-0.05, 0) is 30.3 Å². The van der Waals surface area contributed by atoms with Gasteiger partial charge in [-0.15, -0.1) is 0 Å². The van der Waals surface area contributed by atoms with Crippen LogP contribution in [0.5, 0.6) is 5.75 Å². The van der Waals surface area contributed by atoms with Gasteiger partial charge in [0.2, 0.25) is 0 Å². The molecule has 0 saturated carbocycles. The molecule has 0 aliphatic rings. The third-order valence-corrected chi connectivity index (χ3v) is 3.32. The summed E-state index contributed by atoms with van der Waals surface area (Å²) < 4.78 is 5.23. The van der Waals surface area contributed by atoms with E-state index in [1.807, 2.05) is 0 Å². The average molecular weight is 306 g/mol. The van der Waals surface area contributed by atoms with Gasteiger partial charge in [-0.1, -0.05) is 17.7 Å². The fraction of sp³-hybridized carbons (Fsp3) is 0.133. The SMILES string of the molecule is COc1cccc(Cl)c1CNC(=O)c1cc(N)cc(N)c1. The minimum Gasteiger partial charge on any atom is -0.496 e. The van der Waals surface area contributed by atoms with Gasteiger partial charge in [-0.3, -0.25) is 4.79 Å². The Balaban J connectivity index is 2.15. The zero-order valence-electron chi connectivity index (χ0n) is 11.5. The number of anilines is 2. The lowest BCUT2D eigenvalue weighted by Gasteiger charge is -2.12. The lowest BCUT2D eigenvalue weighted by Crippen LogP contribution is -2.23. The Kier molecular flexibility index (Phi) is 4.55. The van der Waals surface area contributed by atoms with E-state index in [2.05, 4.69) is 5.32 Å². The number of nitrogens with two attached hydrogens (primary N) is 2. The van der Waals surface area contributed by atoms with E-state index in [9.17, 15) is 4.79 Å². The summed E-state index contributed by atoms with van der Waals surface area (Å²) in [6.45, 7) is 0.246. The normalized spacial score (nSPS) is 10.2. The second-order valence-corrected chi connectivity index (χ2v) is 4.90. The maximum atomic E-state index is 12.1. The minimum absolute atomic E-state index is 0.246. The van der Waals surface area contributed by atoms with Gasteiger partial charge in [0.05, 0.1) is 7.11 Å². The molecule has 0 spiro atoms. The van der Waals surface area contributed by atoms with Crippen molar-refractivity contribution in [3.05, 3.63) is 52.5 Å². The van der Waals surface area contributed by atoms with Crippen LogP contribution in [0.4, 0.5) is 11.4 Å². The van der Waals surface area contributed by atoms with Crippen LogP contribution in [-0.4, -0.2) is 13.0 Å². The maximum Gasteiger partial charge on any atom is 0.251 e. The van der Waals surface area contributed by atoms with E-state index in [-0.39, 0.29) is 12.5 Å². The number of rotatable bonds is 4. The molecule has 0 fully saturated rings. The van der Waals surface area contributed by atoms with Crippen molar-refractivity contribution < 1.29 is 9.53 Å². The molecule has 0 bridgehead atoms. The molecular formula is C15H16ClN3O2. The number of amides is 1. The molecule has 110 valence electrons. The van der Waals surface area contributed by atoms with Crippen molar-refractivity contribution in [2.45, 2.75) is 6.54 Å². The summed E-state index contributed by atoms with van der Waals surface area (Å²) in [5.41, 5.74) is 13.3. The van der Waals surface area contributed by atoms with Crippen LogP contribution in [0.15, 0.2) is 36.4 Å². The van der Waals surface area contributed by atoms with Crippen LogP contribution >= 0.6 is 11.6 Å². The number of benzene rings is 2. The first-order valence-corrected chi connectivity index (χ1v) is 6.64. The molecule has 1 amide bonds. The Morgan fingerprint density at radius 1 is 1.24 bits per heavy atom. The molecule has 6 heteroatoms. The number of ether oxygens (including phenoxy) is 1. The topological polar surface area (TPSA) is 90.4 Å². The Labute approximate surface area is 127 Å². The Hall–Kier alpha value is -2.40. The zero-order chi connectivity index (χ0) is 15.4. The van der Waals surface area contributed by atoms with Gasteiger partial charge in [-0.25, -0.2) is 0 Å². The number of hydrogen-bond acceptors (Lipinski definition) is 4. The molecule has 2 aromatic rings. The third kappa shape index (κ3) is 3.58. The van der Waals surface area contributed by atoms with E-state index < -0.39 is 0 Å². The van der Waals surface area contributed by atoms with Crippen molar-refractivity contribution in [2.75, 3.05) is 18.6 Å². The molecule has 0 saturated heterocycles. The Bertz CT molecular complexity index is 654. The predicted molar refractivity (Wildman–Crippen MR) is 84.4 cm³/mol. The van der Waals surface area contributed by atoms with E-state index in [0.29, 0.717) is 33.3 Å². The molecule has 0 aliphatic carbocycles. The first-order chi connectivity index (χ1) is 10.0. The molecule has 0 aromatic heterocycles. The standard InChI is InChI=1S/C15H16ClN3O2/c1-21-14-4-2-3-13(16)12(14)8-19-15(20)9-5-10(17)7-11(18)6-9/h2-7H,8,17-18H2,1H3,(H,19,20). The van der Waals surface area contributed by atoms with Crippen molar-refractivity contribution in [1.29, 1.82) is 0 Å². The zero-order valence-corrected chi connectivity index (χ0v) is 12.3. The summed E-state index contributed by atoms with van der Waals surface area (Å²) in [5, 5.41) is 3.30. The van der Waals surface area contributed by atoms with Crippen LogP contribution in [-0.2, 0) is 6.54 Å². The number of nitrogen functional groups attached to an aromatic ring is 2. The molecule has 0 atom stereocenters. The molecule has 0 radical (unpaired) electrons. The molecule has 2 aromatic carbocycles. The first-order valence-electron chi connectivity index (χ1n) is 6.27. The number of halogens is 1. The number of nitrogens with one attached hydrogen (secondary N) is 1. The van der Waals surface area contributed by atoms with Crippen molar-refractivity contribution >= 4 is 28.9 Å². The molecule has 21 heavy (non-hydrogen) atoms. The maximum absolute atomic E-state index is 12.1. The highest BCUT2D eigenvalue weighted by atomic mass is 35.5. The number of hydrogen-bond donors (Lipinski definition) is 3. The summed E-state index contributed by atoms with van der Waals surface area (Å²) in [6, 6.07) is 10.0. The summed E-state index contributed by atoms with van der Waals surface area (Å²) in [5.74, 6) is 0.339. The summed E-state index contributed by atoms with van der Waals surface area (Å²) in [4.78, 5) is 12.1. The summed E-state index contributed by atoms with van der Waals surface area (Å²) in [6.07, 6.45) is 0. The highest BCUT2D eigenvalue weighted by Gasteiger charge is 2.11. The minimum atomic E-state index is -0.282. The lowest BCUT2D eigenvalue weighted by atomic mass is 10.1. The summed E-state index contributed by atoms with van der Waals surface area (Å²) in [7, 11) is 1.55. The van der Waals surface area contributed by atoms with Crippen molar-refractivity contribution in [2.24, 2.45) is 0 Å². The van der Waals surface area contributed by atoms with Gasteiger partial charge < -0.3 is 21.5 Å². The van der Waals surface area contributed by atoms with Crippen LogP contribution in [0.2, 0.25) is 5.02 Å². The van der Waals surface area contributed by atoms with Gasteiger partial charge in [0.25, 0.3) is 5.91 Å². The Morgan fingerprint density at radius 2 is 1.90 bits per heavy atom. The second-order valence-electron chi connectivity index (χ2n) is 4.49. The van der Waals surface area contributed by atoms with Crippen LogP contribution in [0.1, 0.15) is 15.9 Å². The van der Waals surface area contributed by atoms with E-state index in [4.69, 9.17) is 27.8 Å². The van der Waals surface area contributed by atoms with Crippen molar-refractivity contribution in [1.82, 2.24) is 5.32 Å². The summed E-state index contributed by atoms with van der Waals surface area (Å²) >= 11 is 6.12. The van der Waals surface area contributed by atoms with E-state index in [1.165, 1.54) is 0 Å². The monoisotopic (exact) mass is 305 g/mol. The molecule has 0 unspecified atom stereocenters. The third-order valence-electron chi connectivity index (χ3n) is 2.96. The number of carbonyl (C=O) groups excluding carboxylic acids is 1. The molecule has 0 aliphatic heterocycles. The fourth-order valence-corrected chi connectivity index (χ4v) is 2.21. The lowest BCUT2D eigenvalue weighted by molar-refractivity contribution is 0.0951. The van der Waals surface area contributed by atoms with E-state index in [0.717, 1.165) is 0 Å². The Morgan fingerprint density at radius 3 is 2.52 bits per heavy atom. The molecule has 0 heterocycles. The smallest absolute Gasteiger partial charge is 0.251 e. The highest BCUT2D eigenvalue weighted by molar-refractivity contribution is 6.31. The quantitative estimate of drug-likeness (QED) is 0.757. The van der Waals surface area contributed by atoms with Gasteiger partial charge in [0.1, 0.15) is 5.75 Å². The first kappa shape index (κ1) is 15.0. The van der Waals surface area contributed by atoms with E-state index >= 15 is 0 Å². The fourth-order valence-electron chi connectivity index (χ4n) is 1.98. The van der Waals surface area contributed by atoms with Crippen LogP contribution in [0.25, 0.3) is 0 Å².